The summed E-state index contributed by atoms with van der Waals surface area (Å²) in [6.07, 6.45) is -1.28. The second kappa shape index (κ2) is 9.82. The quantitative estimate of drug-likeness (QED) is 0.443. The van der Waals surface area contributed by atoms with Gasteiger partial charge in [0.15, 0.2) is 6.10 Å². The fourth-order valence-electron chi connectivity index (χ4n) is 2.80. The molecule has 3 aromatic carbocycles. The number of para-hydroxylation sites is 1. The maximum Gasteiger partial charge on any atom is 0.338 e. The van der Waals surface area contributed by atoms with Crippen molar-refractivity contribution in [3.8, 4) is 16.9 Å². The SMILES string of the molecule is CC(=O)Oc1ccc(-c2ccc(C(=O)OC(C)C(=O)Nc3c(F)cccc3F)cc2)cc1. The number of hydrogen-bond acceptors (Lipinski definition) is 5. The largest absolute Gasteiger partial charge is 0.449 e. The molecular weight excluding hydrogens is 420 g/mol. The normalized spacial score (nSPS) is 11.4. The van der Waals surface area contributed by atoms with Gasteiger partial charge in [-0.2, -0.15) is 0 Å². The minimum atomic E-state index is -1.28. The molecule has 0 aliphatic rings. The molecule has 0 aliphatic heterocycles. The van der Waals surface area contributed by atoms with Crippen LogP contribution in [0.2, 0.25) is 0 Å². The lowest BCUT2D eigenvalue weighted by molar-refractivity contribution is -0.131. The van der Waals surface area contributed by atoms with Gasteiger partial charge in [0.1, 0.15) is 23.1 Å². The number of amides is 1. The van der Waals surface area contributed by atoms with E-state index in [9.17, 15) is 23.2 Å². The van der Waals surface area contributed by atoms with Crippen LogP contribution in [-0.2, 0) is 14.3 Å². The molecule has 0 saturated heterocycles. The molecule has 0 saturated carbocycles. The zero-order valence-corrected chi connectivity index (χ0v) is 17.2. The third kappa shape index (κ3) is 5.54. The molecule has 1 unspecified atom stereocenters. The first-order valence-electron chi connectivity index (χ1n) is 9.59. The van der Waals surface area contributed by atoms with Crippen LogP contribution >= 0.6 is 0 Å². The predicted molar refractivity (Wildman–Crippen MR) is 113 cm³/mol. The van der Waals surface area contributed by atoms with Gasteiger partial charge >= 0.3 is 11.9 Å². The van der Waals surface area contributed by atoms with Crippen molar-refractivity contribution in [2.45, 2.75) is 20.0 Å². The fraction of sp³-hybridized carbons (Fsp3) is 0.125. The van der Waals surface area contributed by atoms with Crippen LogP contribution in [0.4, 0.5) is 14.5 Å². The topological polar surface area (TPSA) is 81.7 Å². The van der Waals surface area contributed by atoms with Gasteiger partial charge in [-0.1, -0.05) is 30.3 Å². The zero-order chi connectivity index (χ0) is 23.3. The number of nitrogens with one attached hydrogen (secondary N) is 1. The van der Waals surface area contributed by atoms with Gasteiger partial charge in [-0.05, 0) is 54.4 Å². The molecule has 1 N–H and O–H groups in total. The van der Waals surface area contributed by atoms with E-state index in [0.29, 0.717) is 5.75 Å². The second-order valence-electron chi connectivity index (χ2n) is 6.83. The first-order chi connectivity index (χ1) is 15.2. The molecule has 6 nitrogen and oxygen atoms in total. The van der Waals surface area contributed by atoms with E-state index >= 15 is 0 Å². The van der Waals surface area contributed by atoms with Crippen LogP contribution in [0.15, 0.2) is 66.7 Å². The Morgan fingerprint density at radius 2 is 1.38 bits per heavy atom. The molecule has 0 fully saturated rings. The Morgan fingerprint density at radius 3 is 1.91 bits per heavy atom. The van der Waals surface area contributed by atoms with E-state index in [-0.39, 0.29) is 5.56 Å². The zero-order valence-electron chi connectivity index (χ0n) is 17.2. The second-order valence-corrected chi connectivity index (χ2v) is 6.83. The maximum atomic E-state index is 13.7. The van der Waals surface area contributed by atoms with Crippen molar-refractivity contribution in [1.29, 1.82) is 0 Å². The highest BCUT2D eigenvalue weighted by molar-refractivity contribution is 5.97. The summed E-state index contributed by atoms with van der Waals surface area (Å²) in [6, 6.07) is 16.4. The highest BCUT2D eigenvalue weighted by atomic mass is 19.1. The summed E-state index contributed by atoms with van der Waals surface area (Å²) >= 11 is 0. The molecule has 0 heterocycles. The molecule has 0 aromatic heterocycles. The number of rotatable bonds is 6. The van der Waals surface area contributed by atoms with Crippen LogP contribution in [0.5, 0.6) is 5.75 Å². The summed E-state index contributed by atoms with van der Waals surface area (Å²) in [6.45, 7) is 2.61. The van der Waals surface area contributed by atoms with E-state index in [2.05, 4.69) is 5.32 Å². The molecule has 1 amide bonds. The molecule has 8 heteroatoms. The van der Waals surface area contributed by atoms with E-state index in [1.54, 1.807) is 36.4 Å². The fourth-order valence-corrected chi connectivity index (χ4v) is 2.80. The van der Waals surface area contributed by atoms with Crippen LogP contribution in [0.1, 0.15) is 24.2 Å². The van der Waals surface area contributed by atoms with Gasteiger partial charge in [-0.15, -0.1) is 0 Å². The number of carbonyl (C=O) groups excluding carboxylic acids is 3. The number of benzene rings is 3. The number of hydrogen-bond donors (Lipinski definition) is 1. The molecule has 32 heavy (non-hydrogen) atoms. The Labute approximate surface area is 182 Å². The molecule has 1 atom stereocenters. The number of anilines is 1. The van der Waals surface area contributed by atoms with Gasteiger partial charge < -0.3 is 14.8 Å². The van der Waals surface area contributed by atoms with E-state index in [4.69, 9.17) is 9.47 Å². The summed E-state index contributed by atoms with van der Waals surface area (Å²) in [5, 5.41) is 2.08. The molecule has 3 rings (SSSR count). The highest BCUT2D eigenvalue weighted by Gasteiger charge is 2.21. The minimum Gasteiger partial charge on any atom is -0.449 e. The van der Waals surface area contributed by atoms with Gasteiger partial charge in [0.05, 0.1) is 5.56 Å². The Morgan fingerprint density at radius 1 is 0.844 bits per heavy atom. The monoisotopic (exact) mass is 439 g/mol. The van der Waals surface area contributed by atoms with Crippen LogP contribution in [0.25, 0.3) is 11.1 Å². The minimum absolute atomic E-state index is 0.196. The molecule has 0 spiro atoms. The summed E-state index contributed by atoms with van der Waals surface area (Å²) in [5.41, 5.74) is 1.23. The third-order valence-electron chi connectivity index (χ3n) is 4.43. The number of carbonyl (C=O) groups is 3. The lowest BCUT2D eigenvalue weighted by atomic mass is 10.0. The lowest BCUT2D eigenvalue weighted by Gasteiger charge is -2.14. The Bertz CT molecular complexity index is 1120. The van der Waals surface area contributed by atoms with Gasteiger partial charge in [-0.25, -0.2) is 13.6 Å². The standard InChI is InChI=1S/C24H19F2NO5/c1-14(23(29)27-22-20(25)4-3-5-21(22)26)31-24(30)18-8-6-16(7-9-18)17-10-12-19(13-11-17)32-15(2)28/h3-14H,1-2H3,(H,27,29). The molecule has 164 valence electrons. The highest BCUT2D eigenvalue weighted by Crippen LogP contribution is 2.23. The van der Waals surface area contributed by atoms with Gasteiger partial charge in [0.25, 0.3) is 5.91 Å². The van der Waals surface area contributed by atoms with Gasteiger partial charge in [0, 0.05) is 6.92 Å². The average molecular weight is 439 g/mol. The van der Waals surface area contributed by atoms with Gasteiger partial charge in [0.2, 0.25) is 0 Å². The molecule has 0 radical (unpaired) electrons. The smallest absolute Gasteiger partial charge is 0.338 e. The number of halogens is 2. The Kier molecular flexibility index (Phi) is 6.94. The Hall–Kier alpha value is -4.07. The molecular formula is C24H19F2NO5. The van der Waals surface area contributed by atoms with Crippen molar-refractivity contribution in [2.24, 2.45) is 0 Å². The van der Waals surface area contributed by atoms with Crippen molar-refractivity contribution in [3.63, 3.8) is 0 Å². The molecule has 0 aliphatic carbocycles. The van der Waals surface area contributed by atoms with Crippen LogP contribution in [-0.4, -0.2) is 23.9 Å². The van der Waals surface area contributed by atoms with Crippen LogP contribution in [0.3, 0.4) is 0 Å². The average Bonchev–Trinajstić information content (AvgIpc) is 2.76. The number of ether oxygens (including phenoxy) is 2. The summed E-state index contributed by atoms with van der Waals surface area (Å²) < 4.78 is 37.4. The first-order valence-corrected chi connectivity index (χ1v) is 9.59. The first kappa shape index (κ1) is 22.6. The van der Waals surface area contributed by atoms with E-state index in [0.717, 1.165) is 23.3 Å². The van der Waals surface area contributed by atoms with Gasteiger partial charge in [-0.3, -0.25) is 9.59 Å². The van der Waals surface area contributed by atoms with Crippen molar-refractivity contribution in [1.82, 2.24) is 0 Å². The van der Waals surface area contributed by atoms with Crippen molar-refractivity contribution in [2.75, 3.05) is 5.32 Å². The molecule has 3 aromatic rings. The summed E-state index contributed by atoms with van der Waals surface area (Å²) in [5.74, 6) is -3.50. The lowest BCUT2D eigenvalue weighted by Crippen LogP contribution is -2.30. The Balaban J connectivity index is 1.62. The number of esters is 2. The predicted octanol–water partition coefficient (Wildman–Crippen LogP) is 4.74. The van der Waals surface area contributed by atoms with Crippen LogP contribution < -0.4 is 10.1 Å². The summed E-state index contributed by atoms with van der Waals surface area (Å²) in [4.78, 5) is 35.5. The van der Waals surface area contributed by atoms with E-state index < -0.39 is 41.3 Å². The summed E-state index contributed by atoms with van der Waals surface area (Å²) in [7, 11) is 0. The van der Waals surface area contributed by atoms with Crippen LogP contribution in [0, 0.1) is 11.6 Å². The third-order valence-corrected chi connectivity index (χ3v) is 4.43. The van der Waals surface area contributed by atoms with Crippen molar-refractivity contribution >= 4 is 23.5 Å². The maximum absolute atomic E-state index is 13.7. The van der Waals surface area contributed by atoms with Crippen molar-refractivity contribution < 1.29 is 32.6 Å². The molecule has 0 bridgehead atoms. The van der Waals surface area contributed by atoms with E-state index in [1.807, 2.05) is 0 Å². The van der Waals surface area contributed by atoms with E-state index in [1.165, 1.54) is 32.0 Å². The van der Waals surface area contributed by atoms with Crippen molar-refractivity contribution in [3.05, 3.63) is 83.9 Å².